The van der Waals surface area contributed by atoms with Gasteiger partial charge in [0.1, 0.15) is 11.6 Å². The smallest absolute Gasteiger partial charge is 0.144 e. The van der Waals surface area contributed by atoms with Crippen molar-refractivity contribution in [2.75, 3.05) is 12.3 Å². The molecule has 1 aromatic carbocycles. The number of thioether (sulfide) groups is 1. The first-order valence-corrected chi connectivity index (χ1v) is 8.67. The topological polar surface area (TPSA) is 92.8 Å². The molecule has 3 aromatic rings. The van der Waals surface area contributed by atoms with Crippen molar-refractivity contribution >= 4 is 28.6 Å². The molecule has 0 aliphatic rings. The quantitative estimate of drug-likeness (QED) is 0.646. The van der Waals surface area contributed by atoms with Gasteiger partial charge in [-0.25, -0.2) is 9.67 Å². The minimum absolute atomic E-state index is 0.00220. The van der Waals surface area contributed by atoms with Crippen LogP contribution >= 0.6 is 11.8 Å². The highest BCUT2D eigenvalue weighted by molar-refractivity contribution is 7.99. The summed E-state index contributed by atoms with van der Waals surface area (Å²) in [6, 6.07) is 7.88. The van der Waals surface area contributed by atoms with E-state index in [1.54, 1.807) is 16.4 Å². The number of imidazole rings is 1. The lowest BCUT2D eigenvalue weighted by atomic mass is 10.2. The lowest BCUT2D eigenvalue weighted by Gasteiger charge is -2.03. The van der Waals surface area contributed by atoms with E-state index in [1.165, 1.54) is 0 Å². The summed E-state index contributed by atoms with van der Waals surface area (Å²) in [5.74, 6) is 2.02. The van der Waals surface area contributed by atoms with Crippen molar-refractivity contribution in [3.8, 4) is 11.4 Å². The molecule has 122 valence electrons. The number of H-pyrrole nitrogens is 1. The third-order valence-corrected chi connectivity index (χ3v) is 4.66. The highest BCUT2D eigenvalue weighted by Gasteiger charge is 2.20. The van der Waals surface area contributed by atoms with E-state index in [0.717, 1.165) is 33.9 Å². The number of nitrogens with two attached hydrogens (primary N) is 1. The molecule has 3 rings (SSSR count). The van der Waals surface area contributed by atoms with Gasteiger partial charge in [0.2, 0.25) is 0 Å². The molecule has 2 aromatic heterocycles. The van der Waals surface area contributed by atoms with Crippen molar-refractivity contribution in [2.45, 2.75) is 31.4 Å². The summed E-state index contributed by atoms with van der Waals surface area (Å²) in [6.07, 6.45) is 0. The van der Waals surface area contributed by atoms with Gasteiger partial charge in [0.25, 0.3) is 0 Å². The number of aromatic nitrogens is 4. The molecule has 4 N–H and O–H groups in total. The number of anilines is 1. The van der Waals surface area contributed by atoms with Crippen molar-refractivity contribution in [3.05, 3.63) is 30.0 Å². The highest BCUT2D eigenvalue weighted by Crippen LogP contribution is 2.32. The number of nitrogens with one attached hydrogen (secondary N) is 1. The minimum Gasteiger partial charge on any atom is -0.394 e. The standard InChI is InChI=1S/C16H21N5OS/c1-10(2)23-9-13-14(15(17)21(20-13)7-8-22)16-18-11-5-3-4-6-12(11)19-16/h3-6,10,22H,7-9,17H2,1-2H3,(H,18,19). The Morgan fingerprint density at radius 1 is 1.35 bits per heavy atom. The fraction of sp³-hybridized carbons (Fsp3) is 0.375. The van der Waals surface area contributed by atoms with Crippen molar-refractivity contribution in [3.63, 3.8) is 0 Å². The Bertz CT molecular complexity index is 775. The first-order valence-electron chi connectivity index (χ1n) is 7.63. The molecule has 0 bridgehead atoms. The molecule has 0 unspecified atom stereocenters. The molecular formula is C16H21N5OS. The predicted octanol–water partition coefficient (Wildman–Crippen LogP) is 2.64. The van der Waals surface area contributed by atoms with Crippen LogP contribution in [0, 0.1) is 0 Å². The van der Waals surface area contributed by atoms with Gasteiger partial charge in [0.05, 0.1) is 35.4 Å². The van der Waals surface area contributed by atoms with Gasteiger partial charge < -0.3 is 15.8 Å². The maximum atomic E-state index is 9.20. The van der Waals surface area contributed by atoms with E-state index in [1.807, 2.05) is 24.3 Å². The van der Waals surface area contributed by atoms with E-state index in [-0.39, 0.29) is 6.61 Å². The molecule has 0 atom stereocenters. The number of hydrogen-bond donors (Lipinski definition) is 3. The van der Waals surface area contributed by atoms with Gasteiger partial charge in [0, 0.05) is 5.75 Å². The molecule has 0 amide bonds. The molecular weight excluding hydrogens is 310 g/mol. The van der Waals surface area contributed by atoms with E-state index in [4.69, 9.17) is 5.73 Å². The van der Waals surface area contributed by atoms with Crippen LogP contribution in [-0.2, 0) is 12.3 Å². The maximum absolute atomic E-state index is 9.20. The van der Waals surface area contributed by atoms with Gasteiger partial charge >= 0.3 is 0 Å². The number of hydrogen-bond acceptors (Lipinski definition) is 5. The zero-order chi connectivity index (χ0) is 16.4. The molecule has 0 saturated carbocycles. The average molecular weight is 331 g/mol. The second-order valence-electron chi connectivity index (χ2n) is 5.62. The van der Waals surface area contributed by atoms with Crippen LogP contribution in [0.1, 0.15) is 19.5 Å². The molecule has 0 fully saturated rings. The molecule has 0 aliphatic carbocycles. The zero-order valence-corrected chi connectivity index (χ0v) is 14.1. The Kier molecular flexibility index (Phi) is 4.58. The SMILES string of the molecule is CC(C)SCc1nn(CCO)c(N)c1-c1nc2ccccc2[nH]1. The van der Waals surface area contributed by atoms with Crippen LogP contribution in [-0.4, -0.2) is 36.7 Å². The van der Waals surface area contributed by atoms with Crippen LogP contribution in [0.2, 0.25) is 0 Å². The summed E-state index contributed by atoms with van der Waals surface area (Å²) in [4.78, 5) is 7.96. The number of nitrogen functional groups attached to an aromatic ring is 1. The summed E-state index contributed by atoms with van der Waals surface area (Å²) < 4.78 is 1.65. The Balaban J connectivity index is 2.07. The number of rotatable bonds is 6. The molecule has 2 heterocycles. The van der Waals surface area contributed by atoms with Crippen LogP contribution in [0.25, 0.3) is 22.4 Å². The minimum atomic E-state index is 0.00220. The van der Waals surface area contributed by atoms with Gasteiger partial charge in [-0.15, -0.1) is 0 Å². The highest BCUT2D eigenvalue weighted by atomic mass is 32.2. The number of nitrogens with zero attached hydrogens (tertiary/aromatic N) is 3. The fourth-order valence-corrected chi connectivity index (χ4v) is 3.16. The first-order chi connectivity index (χ1) is 11.1. The third-order valence-electron chi connectivity index (χ3n) is 3.56. The zero-order valence-electron chi connectivity index (χ0n) is 13.3. The summed E-state index contributed by atoms with van der Waals surface area (Å²) in [6.45, 7) is 4.69. The summed E-state index contributed by atoms with van der Waals surface area (Å²) in [5, 5.41) is 14.3. The van der Waals surface area contributed by atoms with E-state index >= 15 is 0 Å². The molecule has 6 nitrogen and oxygen atoms in total. The second kappa shape index (κ2) is 6.64. The second-order valence-corrected chi connectivity index (χ2v) is 7.18. The average Bonchev–Trinajstić information content (AvgIpc) is 3.07. The Hall–Kier alpha value is -1.99. The van der Waals surface area contributed by atoms with Crippen LogP contribution in [0.4, 0.5) is 5.82 Å². The predicted molar refractivity (Wildman–Crippen MR) is 95.2 cm³/mol. The molecule has 23 heavy (non-hydrogen) atoms. The maximum Gasteiger partial charge on any atom is 0.144 e. The van der Waals surface area contributed by atoms with E-state index < -0.39 is 0 Å². The van der Waals surface area contributed by atoms with Crippen LogP contribution in [0.15, 0.2) is 24.3 Å². The van der Waals surface area contributed by atoms with Crippen molar-refractivity contribution in [1.29, 1.82) is 0 Å². The van der Waals surface area contributed by atoms with Crippen molar-refractivity contribution in [1.82, 2.24) is 19.7 Å². The van der Waals surface area contributed by atoms with E-state index in [2.05, 4.69) is 28.9 Å². The molecule has 7 heteroatoms. The van der Waals surface area contributed by atoms with Crippen LogP contribution in [0.5, 0.6) is 0 Å². The first kappa shape index (κ1) is 15.9. The van der Waals surface area contributed by atoms with Crippen molar-refractivity contribution in [2.24, 2.45) is 0 Å². The lowest BCUT2D eigenvalue weighted by Crippen LogP contribution is -2.08. The number of para-hydroxylation sites is 2. The van der Waals surface area contributed by atoms with Gasteiger partial charge in [0.15, 0.2) is 0 Å². The number of fused-ring (bicyclic) bond motifs is 1. The molecule has 0 saturated heterocycles. The number of aliphatic hydroxyl groups excluding tert-OH is 1. The van der Waals surface area contributed by atoms with Gasteiger partial charge in [-0.2, -0.15) is 16.9 Å². The summed E-state index contributed by atoms with van der Waals surface area (Å²) >= 11 is 1.80. The Morgan fingerprint density at radius 2 is 2.13 bits per heavy atom. The fourth-order valence-electron chi connectivity index (χ4n) is 2.47. The van der Waals surface area contributed by atoms with Gasteiger partial charge in [-0.3, -0.25) is 0 Å². The Morgan fingerprint density at radius 3 is 2.83 bits per heavy atom. The molecule has 0 spiro atoms. The summed E-state index contributed by atoms with van der Waals surface area (Å²) in [7, 11) is 0. The summed E-state index contributed by atoms with van der Waals surface area (Å²) in [5.41, 5.74) is 9.88. The largest absolute Gasteiger partial charge is 0.394 e. The van der Waals surface area contributed by atoms with Crippen LogP contribution < -0.4 is 5.73 Å². The van der Waals surface area contributed by atoms with Crippen LogP contribution in [0.3, 0.4) is 0 Å². The monoisotopic (exact) mass is 331 g/mol. The number of aliphatic hydroxyl groups is 1. The molecule has 0 aliphatic heterocycles. The third kappa shape index (κ3) is 3.20. The Labute approximate surface area is 139 Å². The van der Waals surface area contributed by atoms with Gasteiger partial charge in [-0.1, -0.05) is 26.0 Å². The van der Waals surface area contributed by atoms with Crippen molar-refractivity contribution < 1.29 is 5.11 Å². The number of benzene rings is 1. The normalized spacial score (nSPS) is 11.7. The van der Waals surface area contributed by atoms with E-state index in [9.17, 15) is 5.11 Å². The van der Waals surface area contributed by atoms with E-state index in [0.29, 0.717) is 17.6 Å². The lowest BCUT2D eigenvalue weighted by molar-refractivity contribution is 0.270. The molecule has 0 radical (unpaired) electrons. The van der Waals surface area contributed by atoms with Gasteiger partial charge in [-0.05, 0) is 17.4 Å². The number of aromatic amines is 1.